The van der Waals surface area contributed by atoms with Crippen molar-refractivity contribution in [2.24, 2.45) is 0 Å². The van der Waals surface area contributed by atoms with Crippen LogP contribution in [0.5, 0.6) is 17.2 Å². The fourth-order valence-corrected chi connectivity index (χ4v) is 2.58. The molecule has 6 heteroatoms. The van der Waals surface area contributed by atoms with Crippen LogP contribution in [0.4, 0.5) is 5.69 Å². The van der Waals surface area contributed by atoms with Crippen molar-refractivity contribution in [1.29, 1.82) is 0 Å². The summed E-state index contributed by atoms with van der Waals surface area (Å²) in [6, 6.07) is 13.4. The normalized spacial score (nSPS) is 12.1. The van der Waals surface area contributed by atoms with Crippen LogP contribution in [0.1, 0.15) is 25.8 Å². The second-order valence-corrected chi connectivity index (χ2v) is 6.33. The zero-order chi connectivity index (χ0) is 18.4. The van der Waals surface area contributed by atoms with Crippen molar-refractivity contribution in [2.45, 2.75) is 32.9 Å². The molecule has 0 unspecified atom stereocenters. The van der Waals surface area contributed by atoms with Gasteiger partial charge in [-0.25, -0.2) is 0 Å². The Morgan fingerprint density at radius 1 is 1.12 bits per heavy atom. The number of hydrogen-bond acceptors (Lipinski definition) is 5. The average Bonchev–Trinajstić information content (AvgIpc) is 3.09. The SMILES string of the molecule is CC(C)Oc1ccc(NCCC(=O)NCc2ccc3c(c2)OCO3)cc1. The quantitative estimate of drug-likeness (QED) is 0.759. The molecule has 1 aliphatic rings. The molecule has 0 aliphatic carbocycles. The third-order valence-corrected chi connectivity index (χ3v) is 3.83. The lowest BCUT2D eigenvalue weighted by molar-refractivity contribution is -0.121. The Kier molecular flexibility index (Phi) is 5.84. The van der Waals surface area contributed by atoms with E-state index in [9.17, 15) is 4.79 Å². The van der Waals surface area contributed by atoms with Gasteiger partial charge in [0.15, 0.2) is 11.5 Å². The minimum Gasteiger partial charge on any atom is -0.491 e. The molecule has 2 N–H and O–H groups in total. The predicted octanol–water partition coefficient (Wildman–Crippen LogP) is 3.32. The lowest BCUT2D eigenvalue weighted by Gasteiger charge is -2.11. The molecule has 0 aromatic heterocycles. The van der Waals surface area contributed by atoms with Crippen molar-refractivity contribution >= 4 is 11.6 Å². The molecule has 0 saturated heterocycles. The van der Waals surface area contributed by atoms with Gasteiger partial charge in [-0.05, 0) is 55.8 Å². The largest absolute Gasteiger partial charge is 0.491 e. The summed E-state index contributed by atoms with van der Waals surface area (Å²) < 4.78 is 16.2. The zero-order valence-corrected chi connectivity index (χ0v) is 15.1. The monoisotopic (exact) mass is 356 g/mol. The lowest BCUT2D eigenvalue weighted by Crippen LogP contribution is -2.24. The summed E-state index contributed by atoms with van der Waals surface area (Å²) in [5.41, 5.74) is 1.95. The molecule has 3 rings (SSSR count). The Morgan fingerprint density at radius 3 is 2.65 bits per heavy atom. The Morgan fingerprint density at radius 2 is 1.88 bits per heavy atom. The molecule has 2 aromatic rings. The molecular weight excluding hydrogens is 332 g/mol. The van der Waals surface area contributed by atoms with Crippen molar-refractivity contribution in [3.8, 4) is 17.2 Å². The highest BCUT2D eigenvalue weighted by molar-refractivity contribution is 5.76. The van der Waals surface area contributed by atoms with Gasteiger partial charge in [0.1, 0.15) is 5.75 Å². The van der Waals surface area contributed by atoms with Crippen LogP contribution in [0.3, 0.4) is 0 Å². The summed E-state index contributed by atoms with van der Waals surface area (Å²) in [5, 5.41) is 6.15. The number of ether oxygens (including phenoxy) is 3. The number of carbonyl (C=O) groups is 1. The standard InChI is InChI=1S/C20H24N2O4/c1-14(2)26-17-6-4-16(5-7-17)21-10-9-20(23)22-12-15-3-8-18-19(11-15)25-13-24-18/h3-8,11,14,21H,9-10,12-13H2,1-2H3,(H,22,23). The van der Waals surface area contributed by atoms with E-state index in [1.165, 1.54) is 0 Å². The fourth-order valence-electron chi connectivity index (χ4n) is 2.58. The van der Waals surface area contributed by atoms with Crippen molar-refractivity contribution in [1.82, 2.24) is 5.32 Å². The summed E-state index contributed by atoms with van der Waals surface area (Å²) >= 11 is 0. The van der Waals surface area contributed by atoms with E-state index in [0.29, 0.717) is 19.5 Å². The molecule has 0 fully saturated rings. The first-order valence-electron chi connectivity index (χ1n) is 8.76. The van der Waals surface area contributed by atoms with E-state index in [1.807, 2.05) is 56.3 Å². The Balaban J connectivity index is 1.37. The molecule has 26 heavy (non-hydrogen) atoms. The second-order valence-electron chi connectivity index (χ2n) is 6.33. The van der Waals surface area contributed by atoms with Gasteiger partial charge in [0.2, 0.25) is 12.7 Å². The van der Waals surface area contributed by atoms with Gasteiger partial charge in [0.25, 0.3) is 0 Å². The Labute approximate surface area is 153 Å². The fraction of sp³-hybridized carbons (Fsp3) is 0.350. The van der Waals surface area contributed by atoms with Gasteiger partial charge >= 0.3 is 0 Å². The molecule has 0 spiro atoms. The maximum Gasteiger partial charge on any atom is 0.231 e. The van der Waals surface area contributed by atoms with Crippen molar-refractivity contribution in [2.75, 3.05) is 18.7 Å². The van der Waals surface area contributed by atoms with E-state index in [1.54, 1.807) is 0 Å². The van der Waals surface area contributed by atoms with Crippen molar-refractivity contribution in [3.05, 3.63) is 48.0 Å². The average molecular weight is 356 g/mol. The molecule has 0 radical (unpaired) electrons. The number of fused-ring (bicyclic) bond motifs is 1. The minimum absolute atomic E-state index is 0.00470. The van der Waals surface area contributed by atoms with E-state index in [2.05, 4.69) is 10.6 Å². The molecule has 138 valence electrons. The van der Waals surface area contributed by atoms with Crippen LogP contribution in [-0.4, -0.2) is 25.3 Å². The highest BCUT2D eigenvalue weighted by Gasteiger charge is 2.13. The predicted molar refractivity (Wildman–Crippen MR) is 99.7 cm³/mol. The van der Waals surface area contributed by atoms with Gasteiger partial charge in [-0.2, -0.15) is 0 Å². The van der Waals surface area contributed by atoms with E-state index in [0.717, 1.165) is 28.5 Å². The number of nitrogens with one attached hydrogen (secondary N) is 2. The molecule has 1 heterocycles. The van der Waals surface area contributed by atoms with Crippen LogP contribution >= 0.6 is 0 Å². The van der Waals surface area contributed by atoms with Crippen molar-refractivity contribution < 1.29 is 19.0 Å². The molecule has 0 atom stereocenters. The maximum absolute atomic E-state index is 12.0. The summed E-state index contributed by atoms with van der Waals surface area (Å²) in [6.07, 6.45) is 0.552. The number of anilines is 1. The maximum atomic E-state index is 12.0. The van der Waals surface area contributed by atoms with Gasteiger partial charge in [-0.1, -0.05) is 6.07 Å². The topological polar surface area (TPSA) is 68.8 Å². The minimum atomic E-state index is -0.00470. The van der Waals surface area contributed by atoms with Crippen LogP contribution < -0.4 is 24.8 Å². The van der Waals surface area contributed by atoms with E-state index in [-0.39, 0.29) is 18.8 Å². The Hall–Kier alpha value is -2.89. The van der Waals surface area contributed by atoms with Crippen LogP contribution in [0.2, 0.25) is 0 Å². The third-order valence-electron chi connectivity index (χ3n) is 3.83. The van der Waals surface area contributed by atoms with E-state index < -0.39 is 0 Å². The van der Waals surface area contributed by atoms with Crippen LogP contribution in [-0.2, 0) is 11.3 Å². The van der Waals surface area contributed by atoms with Crippen molar-refractivity contribution in [3.63, 3.8) is 0 Å². The first-order chi connectivity index (χ1) is 12.6. The van der Waals surface area contributed by atoms with Gasteiger partial charge in [0, 0.05) is 25.2 Å². The molecular formula is C20H24N2O4. The van der Waals surface area contributed by atoms with E-state index in [4.69, 9.17) is 14.2 Å². The molecule has 0 saturated carbocycles. The second kappa shape index (κ2) is 8.47. The van der Waals surface area contributed by atoms with Gasteiger partial charge in [0.05, 0.1) is 6.10 Å². The van der Waals surface area contributed by atoms with Crippen LogP contribution in [0, 0.1) is 0 Å². The lowest BCUT2D eigenvalue weighted by atomic mass is 10.2. The highest BCUT2D eigenvalue weighted by atomic mass is 16.7. The summed E-state index contributed by atoms with van der Waals surface area (Å²) in [7, 11) is 0. The molecule has 6 nitrogen and oxygen atoms in total. The number of benzene rings is 2. The molecule has 0 bridgehead atoms. The number of rotatable bonds is 8. The highest BCUT2D eigenvalue weighted by Crippen LogP contribution is 2.32. The van der Waals surface area contributed by atoms with Crippen LogP contribution in [0.25, 0.3) is 0 Å². The molecule has 2 aromatic carbocycles. The third kappa shape index (κ3) is 5.05. The number of amides is 1. The smallest absolute Gasteiger partial charge is 0.231 e. The first kappa shape index (κ1) is 17.9. The Bertz CT molecular complexity index is 744. The summed E-state index contributed by atoms with van der Waals surface area (Å²) in [5.74, 6) is 2.30. The van der Waals surface area contributed by atoms with Gasteiger partial charge < -0.3 is 24.8 Å². The van der Waals surface area contributed by atoms with Crippen LogP contribution in [0.15, 0.2) is 42.5 Å². The number of carbonyl (C=O) groups excluding carboxylic acids is 1. The summed E-state index contributed by atoms with van der Waals surface area (Å²) in [4.78, 5) is 12.0. The number of hydrogen-bond donors (Lipinski definition) is 2. The molecule has 1 aliphatic heterocycles. The van der Waals surface area contributed by atoms with E-state index >= 15 is 0 Å². The van der Waals surface area contributed by atoms with Gasteiger partial charge in [-0.3, -0.25) is 4.79 Å². The summed E-state index contributed by atoms with van der Waals surface area (Å²) in [6.45, 7) is 5.28. The molecule has 1 amide bonds. The first-order valence-corrected chi connectivity index (χ1v) is 8.76. The zero-order valence-electron chi connectivity index (χ0n) is 15.1. The van der Waals surface area contributed by atoms with Gasteiger partial charge in [-0.15, -0.1) is 0 Å².